The van der Waals surface area contributed by atoms with Crippen molar-refractivity contribution in [3.8, 4) is 0 Å². The van der Waals surface area contributed by atoms with E-state index in [-0.39, 0.29) is 18.9 Å². The Morgan fingerprint density at radius 1 is 1.09 bits per heavy atom. The lowest BCUT2D eigenvalue weighted by Gasteiger charge is -2.30. The van der Waals surface area contributed by atoms with Gasteiger partial charge in [0.05, 0.1) is 19.8 Å². The number of ether oxygens (including phenoxy) is 2. The number of carbonyl (C=O) groups excluding carboxylic acids is 4. The second-order valence-corrected chi connectivity index (χ2v) is 9.98. The largest absolute Gasteiger partial charge is 0.444 e. The van der Waals surface area contributed by atoms with Crippen LogP contribution < -0.4 is 16.4 Å². The molecule has 4 amide bonds. The fourth-order valence-electron chi connectivity index (χ4n) is 4.27. The highest BCUT2D eigenvalue weighted by molar-refractivity contribution is 5.90. The molecule has 0 aromatic rings. The summed E-state index contributed by atoms with van der Waals surface area (Å²) in [5.41, 5.74) is 4.77. The summed E-state index contributed by atoms with van der Waals surface area (Å²) in [6, 6.07) is -1.10. The molecule has 188 valence electrons. The molecule has 1 saturated heterocycles. The van der Waals surface area contributed by atoms with Crippen LogP contribution in [0.15, 0.2) is 0 Å². The van der Waals surface area contributed by atoms with Gasteiger partial charge in [-0.05, 0) is 33.1 Å². The SMILES string of the molecule is CC(C)(C)OC(=O)NC[C@H](NC(=O)C(CC(=O)N1CCOCC1)CC1CCCCC1)C(N)=O. The van der Waals surface area contributed by atoms with Crippen LogP contribution >= 0.6 is 0 Å². The number of amides is 4. The van der Waals surface area contributed by atoms with Gasteiger partial charge in [-0.15, -0.1) is 0 Å². The van der Waals surface area contributed by atoms with E-state index in [1.165, 1.54) is 6.42 Å². The summed E-state index contributed by atoms with van der Waals surface area (Å²) in [5.74, 6) is -1.44. The number of hydrogen-bond acceptors (Lipinski definition) is 6. The Hall–Kier alpha value is -2.36. The van der Waals surface area contributed by atoms with Gasteiger partial charge in [0.1, 0.15) is 11.6 Å². The number of nitrogens with two attached hydrogens (primary N) is 1. The van der Waals surface area contributed by atoms with Crippen molar-refractivity contribution in [1.82, 2.24) is 15.5 Å². The summed E-state index contributed by atoms with van der Waals surface area (Å²) in [6.45, 7) is 6.99. The quantitative estimate of drug-likeness (QED) is 0.466. The molecule has 4 N–H and O–H groups in total. The van der Waals surface area contributed by atoms with E-state index in [2.05, 4.69) is 10.6 Å². The molecule has 1 aliphatic heterocycles. The van der Waals surface area contributed by atoms with Crippen molar-refractivity contribution in [3.05, 3.63) is 0 Å². The van der Waals surface area contributed by atoms with Crippen LogP contribution in [-0.4, -0.2) is 73.2 Å². The van der Waals surface area contributed by atoms with Gasteiger partial charge in [0, 0.05) is 25.4 Å². The number of nitrogens with zero attached hydrogens (tertiary/aromatic N) is 1. The number of carbonyl (C=O) groups is 4. The Kier molecular flexibility index (Phi) is 10.4. The van der Waals surface area contributed by atoms with E-state index in [9.17, 15) is 19.2 Å². The van der Waals surface area contributed by atoms with Crippen molar-refractivity contribution in [2.45, 2.75) is 77.4 Å². The summed E-state index contributed by atoms with van der Waals surface area (Å²) in [5, 5.41) is 5.13. The minimum Gasteiger partial charge on any atom is -0.444 e. The maximum absolute atomic E-state index is 13.2. The highest BCUT2D eigenvalue weighted by atomic mass is 16.6. The van der Waals surface area contributed by atoms with E-state index >= 15 is 0 Å². The number of primary amides is 1. The standard InChI is InChI=1S/C23H40N4O6/c1-23(2,3)33-22(31)25-15-18(20(24)29)26-21(30)17(13-16-7-5-4-6-8-16)14-19(28)27-9-11-32-12-10-27/h16-18H,4-15H2,1-3H3,(H2,24,29)(H,25,31)(H,26,30)/t17?,18-/m0/s1. The van der Waals surface area contributed by atoms with E-state index in [1.54, 1.807) is 25.7 Å². The monoisotopic (exact) mass is 468 g/mol. The lowest BCUT2D eigenvalue weighted by atomic mass is 9.81. The molecule has 0 radical (unpaired) electrons. The molecule has 1 unspecified atom stereocenters. The summed E-state index contributed by atoms with van der Waals surface area (Å²) in [7, 11) is 0. The topological polar surface area (TPSA) is 140 Å². The molecule has 2 atom stereocenters. The van der Waals surface area contributed by atoms with Gasteiger partial charge in [-0.1, -0.05) is 32.1 Å². The van der Waals surface area contributed by atoms with Crippen LogP contribution in [0, 0.1) is 11.8 Å². The first-order valence-corrected chi connectivity index (χ1v) is 12.0. The Bertz CT molecular complexity index is 681. The maximum Gasteiger partial charge on any atom is 0.407 e. The highest BCUT2D eigenvalue weighted by Crippen LogP contribution is 2.30. The zero-order chi connectivity index (χ0) is 24.4. The molecular formula is C23H40N4O6. The van der Waals surface area contributed by atoms with Gasteiger partial charge in [-0.25, -0.2) is 4.79 Å². The number of nitrogens with one attached hydrogen (secondary N) is 2. The van der Waals surface area contributed by atoms with Gasteiger partial charge in [0.15, 0.2) is 0 Å². The average molecular weight is 469 g/mol. The zero-order valence-electron chi connectivity index (χ0n) is 20.2. The van der Waals surface area contributed by atoms with Crippen molar-refractivity contribution in [2.24, 2.45) is 17.6 Å². The normalized spacial score (nSPS) is 19.3. The van der Waals surface area contributed by atoms with Gasteiger partial charge in [-0.3, -0.25) is 14.4 Å². The third-order valence-electron chi connectivity index (χ3n) is 6.01. The number of hydrogen-bond donors (Lipinski definition) is 3. The maximum atomic E-state index is 13.2. The van der Waals surface area contributed by atoms with E-state index in [4.69, 9.17) is 15.2 Å². The van der Waals surface area contributed by atoms with Gasteiger partial charge in [-0.2, -0.15) is 0 Å². The van der Waals surface area contributed by atoms with Crippen molar-refractivity contribution < 1.29 is 28.7 Å². The lowest BCUT2D eigenvalue weighted by Crippen LogP contribution is -2.53. The first kappa shape index (κ1) is 26.9. The van der Waals surface area contributed by atoms with Gasteiger partial charge in [0.2, 0.25) is 17.7 Å². The molecular weight excluding hydrogens is 428 g/mol. The molecule has 1 heterocycles. The molecule has 2 fully saturated rings. The minimum absolute atomic E-state index is 0.0767. The molecule has 0 aromatic heterocycles. The summed E-state index contributed by atoms with van der Waals surface area (Å²) in [4.78, 5) is 51.6. The number of alkyl carbamates (subject to hydrolysis) is 1. The zero-order valence-corrected chi connectivity index (χ0v) is 20.2. The minimum atomic E-state index is -1.10. The molecule has 0 aromatic carbocycles. The first-order chi connectivity index (χ1) is 15.5. The van der Waals surface area contributed by atoms with Crippen LogP contribution in [0.25, 0.3) is 0 Å². The second-order valence-electron chi connectivity index (χ2n) is 9.98. The van der Waals surface area contributed by atoms with E-state index in [0.29, 0.717) is 38.6 Å². The van der Waals surface area contributed by atoms with E-state index in [1.807, 2.05) is 0 Å². The summed E-state index contributed by atoms with van der Waals surface area (Å²) < 4.78 is 10.5. The number of rotatable bonds is 9. The molecule has 33 heavy (non-hydrogen) atoms. The predicted octanol–water partition coefficient (Wildman–Crippen LogP) is 1.32. The van der Waals surface area contributed by atoms with Crippen LogP contribution in [0.1, 0.15) is 65.7 Å². The molecule has 10 nitrogen and oxygen atoms in total. The molecule has 2 aliphatic rings. The molecule has 0 bridgehead atoms. The second kappa shape index (κ2) is 12.8. The van der Waals surface area contributed by atoms with E-state index < -0.39 is 35.5 Å². The molecule has 2 rings (SSSR count). The third-order valence-corrected chi connectivity index (χ3v) is 6.01. The molecule has 10 heteroatoms. The first-order valence-electron chi connectivity index (χ1n) is 12.0. The van der Waals surface area contributed by atoms with Gasteiger partial charge < -0.3 is 30.7 Å². The Morgan fingerprint density at radius 2 is 1.73 bits per heavy atom. The van der Waals surface area contributed by atoms with Crippen LogP contribution in [0.4, 0.5) is 4.79 Å². The van der Waals surface area contributed by atoms with Crippen LogP contribution in [0.2, 0.25) is 0 Å². The average Bonchev–Trinajstić information content (AvgIpc) is 2.75. The summed E-state index contributed by atoms with van der Waals surface area (Å²) in [6.07, 6.45) is 5.48. The van der Waals surface area contributed by atoms with E-state index in [0.717, 1.165) is 25.7 Å². The Balaban J connectivity index is 2.00. The predicted molar refractivity (Wildman–Crippen MR) is 122 cm³/mol. The Morgan fingerprint density at radius 3 is 2.30 bits per heavy atom. The lowest BCUT2D eigenvalue weighted by molar-refractivity contribution is -0.140. The smallest absolute Gasteiger partial charge is 0.407 e. The molecule has 1 aliphatic carbocycles. The third kappa shape index (κ3) is 9.98. The van der Waals surface area contributed by atoms with Crippen LogP contribution in [-0.2, 0) is 23.9 Å². The van der Waals surface area contributed by atoms with Crippen molar-refractivity contribution in [3.63, 3.8) is 0 Å². The molecule has 0 spiro atoms. The Labute approximate surface area is 196 Å². The van der Waals surface area contributed by atoms with Gasteiger partial charge in [0.25, 0.3) is 0 Å². The fourth-order valence-corrected chi connectivity index (χ4v) is 4.27. The fraction of sp³-hybridized carbons (Fsp3) is 0.826. The van der Waals surface area contributed by atoms with Gasteiger partial charge >= 0.3 is 6.09 Å². The van der Waals surface area contributed by atoms with Crippen molar-refractivity contribution in [1.29, 1.82) is 0 Å². The van der Waals surface area contributed by atoms with Crippen LogP contribution in [0.3, 0.4) is 0 Å². The molecule has 1 saturated carbocycles. The van der Waals surface area contributed by atoms with Crippen molar-refractivity contribution in [2.75, 3.05) is 32.8 Å². The number of morpholine rings is 1. The van der Waals surface area contributed by atoms with Crippen LogP contribution in [0.5, 0.6) is 0 Å². The summed E-state index contributed by atoms with van der Waals surface area (Å²) >= 11 is 0. The van der Waals surface area contributed by atoms with Crippen molar-refractivity contribution >= 4 is 23.8 Å². The highest BCUT2D eigenvalue weighted by Gasteiger charge is 2.31.